The number of nitrogens with zero attached hydrogens (tertiary/aromatic N) is 3. The van der Waals surface area contributed by atoms with Crippen LogP contribution in [0, 0.1) is 0 Å². The van der Waals surface area contributed by atoms with Gasteiger partial charge in [0, 0.05) is 31.8 Å². The molecule has 140 valence electrons. The van der Waals surface area contributed by atoms with Crippen molar-refractivity contribution in [2.75, 3.05) is 25.9 Å². The van der Waals surface area contributed by atoms with Crippen molar-refractivity contribution in [3.63, 3.8) is 0 Å². The van der Waals surface area contributed by atoms with Crippen molar-refractivity contribution in [2.24, 2.45) is 4.99 Å². The standard InChI is InChI=1S/C18H24N4O3S/c1-18(2)13-22(9-10-26(18,23)24)17(19-3)20-12-15-11-16(25-21-15)14-7-5-4-6-8-14/h4-8,11H,9-10,12-13H2,1-3H3,(H,19,20). The van der Waals surface area contributed by atoms with Gasteiger partial charge < -0.3 is 14.7 Å². The van der Waals surface area contributed by atoms with Crippen molar-refractivity contribution in [3.05, 3.63) is 42.1 Å². The minimum atomic E-state index is -3.08. The van der Waals surface area contributed by atoms with Gasteiger partial charge in [0.1, 0.15) is 5.69 Å². The maximum Gasteiger partial charge on any atom is 0.194 e. The summed E-state index contributed by atoms with van der Waals surface area (Å²) in [6.45, 7) is 4.80. The van der Waals surface area contributed by atoms with Crippen LogP contribution in [0.4, 0.5) is 0 Å². The van der Waals surface area contributed by atoms with Gasteiger partial charge in [-0.15, -0.1) is 0 Å². The number of hydrogen-bond donors (Lipinski definition) is 1. The Morgan fingerprint density at radius 1 is 1.35 bits per heavy atom. The minimum Gasteiger partial charge on any atom is -0.356 e. The summed E-state index contributed by atoms with van der Waals surface area (Å²) < 4.78 is 28.9. The highest BCUT2D eigenvalue weighted by Gasteiger charge is 2.40. The first-order valence-corrected chi connectivity index (χ1v) is 10.2. The lowest BCUT2D eigenvalue weighted by Crippen LogP contribution is -2.57. The highest BCUT2D eigenvalue weighted by atomic mass is 32.2. The molecule has 0 bridgehead atoms. The first kappa shape index (κ1) is 18.4. The van der Waals surface area contributed by atoms with Crippen molar-refractivity contribution in [1.82, 2.24) is 15.4 Å². The summed E-state index contributed by atoms with van der Waals surface area (Å²) >= 11 is 0. The molecule has 1 fully saturated rings. The molecule has 0 aliphatic carbocycles. The predicted octanol–water partition coefficient (Wildman–Crippen LogP) is 1.93. The number of hydrogen-bond acceptors (Lipinski definition) is 5. The summed E-state index contributed by atoms with van der Waals surface area (Å²) in [5.74, 6) is 1.50. The Kier molecular flexibility index (Phi) is 5.04. The molecule has 0 atom stereocenters. The summed E-state index contributed by atoms with van der Waals surface area (Å²) in [5.41, 5.74) is 1.73. The second-order valence-electron chi connectivity index (χ2n) is 6.95. The number of benzene rings is 1. The zero-order valence-electron chi connectivity index (χ0n) is 15.3. The van der Waals surface area contributed by atoms with E-state index in [1.54, 1.807) is 20.9 Å². The number of aromatic nitrogens is 1. The van der Waals surface area contributed by atoms with E-state index in [0.29, 0.717) is 31.4 Å². The van der Waals surface area contributed by atoms with E-state index in [-0.39, 0.29) is 5.75 Å². The van der Waals surface area contributed by atoms with Crippen LogP contribution in [-0.4, -0.2) is 55.1 Å². The molecule has 3 rings (SSSR count). The fourth-order valence-corrected chi connectivity index (χ4v) is 4.33. The Balaban J connectivity index is 1.65. The second-order valence-corrected chi connectivity index (χ2v) is 9.69. The van der Waals surface area contributed by atoms with E-state index in [2.05, 4.69) is 15.5 Å². The fraction of sp³-hybridized carbons (Fsp3) is 0.444. The molecule has 0 saturated carbocycles. The van der Waals surface area contributed by atoms with Crippen LogP contribution in [0.3, 0.4) is 0 Å². The topological polar surface area (TPSA) is 87.8 Å². The van der Waals surface area contributed by atoms with Crippen molar-refractivity contribution in [1.29, 1.82) is 0 Å². The summed E-state index contributed by atoms with van der Waals surface area (Å²) in [6, 6.07) is 11.7. The summed E-state index contributed by atoms with van der Waals surface area (Å²) in [4.78, 5) is 6.25. The molecule has 0 radical (unpaired) electrons. The normalized spacial score (nSPS) is 19.3. The molecule has 1 aromatic carbocycles. The molecule has 1 aromatic heterocycles. The summed E-state index contributed by atoms with van der Waals surface area (Å²) in [6.07, 6.45) is 0. The van der Waals surface area contributed by atoms with E-state index in [1.165, 1.54) is 0 Å². The number of aliphatic imine (C=N–C) groups is 1. The maximum atomic E-state index is 12.2. The SMILES string of the molecule is CN=C(NCc1cc(-c2ccccc2)on1)N1CCS(=O)(=O)C(C)(C)C1. The Morgan fingerprint density at radius 2 is 2.08 bits per heavy atom. The quantitative estimate of drug-likeness (QED) is 0.650. The molecule has 26 heavy (non-hydrogen) atoms. The van der Waals surface area contributed by atoms with Gasteiger partial charge in [0.25, 0.3) is 0 Å². The zero-order chi connectivity index (χ0) is 18.8. The van der Waals surface area contributed by atoms with Crippen LogP contribution >= 0.6 is 0 Å². The molecule has 2 heterocycles. The molecule has 7 nitrogen and oxygen atoms in total. The molecule has 8 heteroatoms. The van der Waals surface area contributed by atoms with Crippen LogP contribution in [0.25, 0.3) is 11.3 Å². The number of rotatable bonds is 3. The number of sulfone groups is 1. The van der Waals surface area contributed by atoms with Crippen molar-refractivity contribution < 1.29 is 12.9 Å². The predicted molar refractivity (Wildman–Crippen MR) is 102 cm³/mol. The fourth-order valence-electron chi connectivity index (χ4n) is 2.96. The van der Waals surface area contributed by atoms with E-state index in [0.717, 1.165) is 11.3 Å². The molecule has 1 aliphatic heterocycles. The van der Waals surface area contributed by atoms with E-state index >= 15 is 0 Å². The third kappa shape index (κ3) is 3.75. The van der Waals surface area contributed by atoms with Gasteiger partial charge >= 0.3 is 0 Å². The van der Waals surface area contributed by atoms with Crippen LogP contribution in [-0.2, 0) is 16.4 Å². The van der Waals surface area contributed by atoms with Gasteiger partial charge in [-0.05, 0) is 13.8 Å². The molecule has 1 N–H and O–H groups in total. The van der Waals surface area contributed by atoms with Crippen molar-refractivity contribution in [2.45, 2.75) is 25.1 Å². The van der Waals surface area contributed by atoms with Crippen LogP contribution < -0.4 is 5.32 Å². The number of guanidine groups is 1. The number of nitrogens with one attached hydrogen (secondary N) is 1. The van der Waals surface area contributed by atoms with Gasteiger partial charge in [0.05, 0.1) is 17.0 Å². The zero-order valence-corrected chi connectivity index (χ0v) is 16.1. The first-order valence-electron chi connectivity index (χ1n) is 8.51. The molecular weight excluding hydrogens is 352 g/mol. The molecule has 0 amide bonds. The van der Waals surface area contributed by atoms with Gasteiger partial charge in [0.2, 0.25) is 0 Å². The van der Waals surface area contributed by atoms with Gasteiger partial charge in [0.15, 0.2) is 21.6 Å². The molecule has 1 aliphatic rings. The minimum absolute atomic E-state index is 0.128. The van der Waals surface area contributed by atoms with Crippen LogP contribution in [0.15, 0.2) is 45.9 Å². The Hall–Kier alpha value is -2.35. The van der Waals surface area contributed by atoms with Crippen LogP contribution in [0.1, 0.15) is 19.5 Å². The third-order valence-electron chi connectivity index (χ3n) is 4.60. The average molecular weight is 376 g/mol. The van der Waals surface area contributed by atoms with E-state index in [1.807, 2.05) is 41.3 Å². The van der Waals surface area contributed by atoms with Crippen LogP contribution in [0.2, 0.25) is 0 Å². The van der Waals surface area contributed by atoms with Crippen molar-refractivity contribution >= 4 is 15.8 Å². The van der Waals surface area contributed by atoms with Gasteiger partial charge in [-0.1, -0.05) is 35.5 Å². The lowest BCUT2D eigenvalue weighted by molar-refractivity contribution is 0.352. The van der Waals surface area contributed by atoms with Gasteiger partial charge in [-0.3, -0.25) is 4.99 Å². The van der Waals surface area contributed by atoms with E-state index in [9.17, 15) is 8.42 Å². The van der Waals surface area contributed by atoms with Gasteiger partial charge in [-0.25, -0.2) is 8.42 Å². The summed E-state index contributed by atoms with van der Waals surface area (Å²) in [7, 11) is -1.39. The first-order chi connectivity index (χ1) is 12.3. The smallest absolute Gasteiger partial charge is 0.194 e. The lowest BCUT2D eigenvalue weighted by atomic mass is 10.1. The highest BCUT2D eigenvalue weighted by Crippen LogP contribution is 2.24. The van der Waals surface area contributed by atoms with Crippen LogP contribution in [0.5, 0.6) is 0 Å². The molecule has 2 aromatic rings. The Morgan fingerprint density at radius 3 is 2.73 bits per heavy atom. The molecular formula is C18H24N4O3S. The molecule has 1 saturated heterocycles. The highest BCUT2D eigenvalue weighted by molar-refractivity contribution is 7.92. The largest absolute Gasteiger partial charge is 0.356 e. The monoisotopic (exact) mass is 376 g/mol. The van der Waals surface area contributed by atoms with E-state index in [4.69, 9.17) is 4.52 Å². The average Bonchev–Trinajstić information content (AvgIpc) is 3.08. The maximum absolute atomic E-state index is 12.2. The molecule has 0 spiro atoms. The molecule has 0 unspecified atom stereocenters. The van der Waals surface area contributed by atoms with E-state index < -0.39 is 14.6 Å². The Labute approximate surface area is 154 Å². The lowest BCUT2D eigenvalue weighted by Gasteiger charge is -2.39. The Bertz CT molecular complexity index is 888. The van der Waals surface area contributed by atoms with Crippen molar-refractivity contribution in [3.8, 4) is 11.3 Å². The van der Waals surface area contributed by atoms with Gasteiger partial charge in [-0.2, -0.15) is 0 Å². The third-order valence-corrected chi connectivity index (χ3v) is 7.13. The summed E-state index contributed by atoms with van der Waals surface area (Å²) in [5, 5.41) is 7.33. The second kappa shape index (κ2) is 7.11.